The molecule has 1 saturated carbocycles. The highest BCUT2D eigenvalue weighted by Gasteiger charge is 2.41. The van der Waals surface area contributed by atoms with Crippen molar-refractivity contribution in [2.75, 3.05) is 13.6 Å². The smallest absolute Gasteiger partial charge is 0.351 e. The van der Waals surface area contributed by atoms with Crippen LogP contribution < -0.4 is 5.32 Å². The van der Waals surface area contributed by atoms with Crippen LogP contribution in [0.1, 0.15) is 53.9 Å². The van der Waals surface area contributed by atoms with Gasteiger partial charge < -0.3 is 19.6 Å². The summed E-state index contributed by atoms with van der Waals surface area (Å²) in [6.45, 7) is 0.723. The molecule has 1 saturated heterocycles. The van der Waals surface area contributed by atoms with Crippen LogP contribution in [0.4, 0.5) is 13.2 Å². The lowest BCUT2D eigenvalue weighted by Crippen LogP contribution is -2.54. The maximum absolute atomic E-state index is 13.3. The number of hydrogen-bond acceptors (Lipinski definition) is 6. The van der Waals surface area contributed by atoms with Crippen LogP contribution in [0.25, 0.3) is 11.4 Å². The Kier molecular flexibility index (Phi) is 5.76. The summed E-state index contributed by atoms with van der Waals surface area (Å²) in [4.78, 5) is 44.7. The number of nitrogens with one attached hydrogen (secondary N) is 1. The Bertz CT molecular complexity index is 1180. The molecular weight excluding hydrogens is 467 g/mol. The number of amides is 3. The third-order valence-corrected chi connectivity index (χ3v) is 7.04. The van der Waals surface area contributed by atoms with E-state index >= 15 is 0 Å². The largest absolute Gasteiger partial charge is 0.471 e. The van der Waals surface area contributed by atoms with Gasteiger partial charge in [-0.1, -0.05) is 30.1 Å². The lowest BCUT2D eigenvalue weighted by Gasteiger charge is -2.38. The zero-order valence-electron chi connectivity index (χ0n) is 19.0. The second-order valence-electron chi connectivity index (χ2n) is 9.37. The molecule has 1 aromatic heterocycles. The van der Waals surface area contributed by atoms with E-state index in [1.54, 1.807) is 29.0 Å². The molecule has 1 aliphatic carbocycles. The highest BCUT2D eigenvalue weighted by atomic mass is 19.4. The van der Waals surface area contributed by atoms with Crippen LogP contribution in [-0.2, 0) is 22.3 Å². The average Bonchev–Trinajstić information content (AvgIpc) is 3.52. The van der Waals surface area contributed by atoms with E-state index < -0.39 is 18.0 Å². The van der Waals surface area contributed by atoms with Gasteiger partial charge in [0.2, 0.25) is 17.6 Å². The fourth-order valence-electron chi connectivity index (χ4n) is 5.18. The minimum absolute atomic E-state index is 0.0599. The van der Waals surface area contributed by atoms with Crippen LogP contribution in [0.15, 0.2) is 22.7 Å². The van der Waals surface area contributed by atoms with E-state index in [1.165, 1.54) is 6.07 Å². The van der Waals surface area contributed by atoms with E-state index in [0.29, 0.717) is 18.7 Å². The SMILES string of the molecule is CN1CC(C(=O)N[C@@H]2CCCC[C@H]2N2Cc3ccc(-c4noc(C(F)(F)F)n4)cc3C2=O)CC1=O. The number of carbonyl (C=O) groups excluding carboxylic acids is 3. The molecule has 1 unspecified atom stereocenters. The van der Waals surface area contributed by atoms with Crippen LogP contribution in [0, 0.1) is 5.92 Å². The van der Waals surface area contributed by atoms with Crippen molar-refractivity contribution in [3.8, 4) is 11.4 Å². The Balaban J connectivity index is 1.32. The summed E-state index contributed by atoms with van der Waals surface area (Å²) in [5.74, 6) is -2.58. The van der Waals surface area contributed by atoms with Gasteiger partial charge in [-0.3, -0.25) is 14.4 Å². The molecule has 1 aromatic carbocycles. The Hall–Kier alpha value is -3.44. The summed E-state index contributed by atoms with van der Waals surface area (Å²) < 4.78 is 42.7. The monoisotopic (exact) mass is 491 g/mol. The standard InChI is InChI=1S/C23H24F3N5O4/c1-30-10-14(9-18(30)32)20(33)27-16-4-2-3-5-17(16)31-11-13-7-6-12(8-15(13)21(31)34)19-28-22(35-29-19)23(24,25)26/h6-8,14,16-17H,2-5,9-11H2,1H3,(H,27,33)/t14?,16-,17-/m1/s1. The van der Waals surface area contributed by atoms with Gasteiger partial charge >= 0.3 is 12.1 Å². The second kappa shape index (κ2) is 8.65. The van der Waals surface area contributed by atoms with Gasteiger partial charge in [-0.2, -0.15) is 18.2 Å². The molecule has 186 valence electrons. The maximum Gasteiger partial charge on any atom is 0.471 e. The van der Waals surface area contributed by atoms with Gasteiger partial charge in [0.1, 0.15) is 0 Å². The van der Waals surface area contributed by atoms with Crippen molar-refractivity contribution in [1.29, 1.82) is 0 Å². The predicted molar refractivity (Wildman–Crippen MR) is 115 cm³/mol. The molecule has 0 spiro atoms. The summed E-state index contributed by atoms with van der Waals surface area (Å²) >= 11 is 0. The molecule has 3 atom stereocenters. The number of benzene rings is 1. The van der Waals surface area contributed by atoms with Crippen LogP contribution in [0.2, 0.25) is 0 Å². The topological polar surface area (TPSA) is 109 Å². The van der Waals surface area contributed by atoms with Crippen LogP contribution >= 0.6 is 0 Å². The molecule has 9 nitrogen and oxygen atoms in total. The molecule has 0 bridgehead atoms. The number of carbonyl (C=O) groups is 3. The van der Waals surface area contributed by atoms with Gasteiger partial charge in [0.15, 0.2) is 0 Å². The third-order valence-electron chi connectivity index (χ3n) is 7.04. The molecule has 3 heterocycles. The number of rotatable bonds is 4. The molecule has 12 heteroatoms. The van der Waals surface area contributed by atoms with E-state index in [9.17, 15) is 27.6 Å². The number of aromatic nitrogens is 2. The highest BCUT2D eigenvalue weighted by molar-refractivity contribution is 5.99. The first-order valence-electron chi connectivity index (χ1n) is 11.5. The molecule has 3 amide bonds. The number of hydrogen-bond donors (Lipinski definition) is 1. The summed E-state index contributed by atoms with van der Waals surface area (Å²) in [5, 5.41) is 6.48. The van der Waals surface area contributed by atoms with Crippen LogP contribution in [0.5, 0.6) is 0 Å². The highest BCUT2D eigenvalue weighted by Crippen LogP contribution is 2.34. The minimum Gasteiger partial charge on any atom is -0.351 e. The van der Waals surface area contributed by atoms with Gasteiger partial charge in [-0.05, 0) is 24.5 Å². The number of fused-ring (bicyclic) bond motifs is 1. The van der Waals surface area contributed by atoms with Gasteiger partial charge in [0, 0.05) is 43.7 Å². The normalized spacial score (nSPS) is 24.7. The number of nitrogens with zero attached hydrogens (tertiary/aromatic N) is 4. The zero-order chi connectivity index (χ0) is 24.9. The number of likely N-dealkylation sites (tertiary alicyclic amines) is 1. The van der Waals surface area contributed by atoms with Crippen molar-refractivity contribution in [3.63, 3.8) is 0 Å². The van der Waals surface area contributed by atoms with E-state index in [-0.39, 0.29) is 47.6 Å². The predicted octanol–water partition coefficient (Wildman–Crippen LogP) is 2.62. The molecule has 2 fully saturated rings. The lowest BCUT2D eigenvalue weighted by molar-refractivity contribution is -0.159. The van der Waals surface area contributed by atoms with Crippen LogP contribution in [0.3, 0.4) is 0 Å². The second-order valence-corrected chi connectivity index (χ2v) is 9.37. The summed E-state index contributed by atoms with van der Waals surface area (Å²) in [7, 11) is 1.67. The Morgan fingerprint density at radius 1 is 1.20 bits per heavy atom. The van der Waals surface area contributed by atoms with Crippen molar-refractivity contribution in [1.82, 2.24) is 25.3 Å². The van der Waals surface area contributed by atoms with E-state index in [4.69, 9.17) is 0 Å². The van der Waals surface area contributed by atoms with Gasteiger partial charge in [-0.25, -0.2) is 0 Å². The molecular formula is C23H24F3N5O4. The van der Waals surface area contributed by atoms with E-state index in [1.807, 2.05) is 0 Å². The molecule has 2 aromatic rings. The zero-order valence-corrected chi connectivity index (χ0v) is 19.0. The quantitative estimate of drug-likeness (QED) is 0.705. The average molecular weight is 491 g/mol. The van der Waals surface area contributed by atoms with Crippen molar-refractivity contribution in [2.45, 2.75) is 56.9 Å². The number of halogens is 3. The Labute approximate surface area is 198 Å². The van der Waals surface area contributed by atoms with E-state index in [2.05, 4.69) is 20.0 Å². The Morgan fingerprint density at radius 3 is 2.66 bits per heavy atom. The fourth-order valence-corrected chi connectivity index (χ4v) is 5.18. The molecule has 0 radical (unpaired) electrons. The minimum atomic E-state index is -4.75. The summed E-state index contributed by atoms with van der Waals surface area (Å²) in [6, 6.07) is 4.28. The third kappa shape index (κ3) is 4.37. The van der Waals surface area contributed by atoms with E-state index in [0.717, 1.165) is 31.2 Å². The summed E-state index contributed by atoms with van der Waals surface area (Å²) in [6.07, 6.45) is -1.29. The van der Waals surface area contributed by atoms with Crippen molar-refractivity contribution >= 4 is 17.7 Å². The fraction of sp³-hybridized carbons (Fsp3) is 0.522. The molecule has 35 heavy (non-hydrogen) atoms. The molecule has 2 aliphatic heterocycles. The van der Waals surface area contributed by atoms with Gasteiger partial charge in [0.25, 0.3) is 5.91 Å². The van der Waals surface area contributed by atoms with Crippen molar-refractivity contribution in [2.24, 2.45) is 5.92 Å². The lowest BCUT2D eigenvalue weighted by atomic mass is 9.88. The van der Waals surface area contributed by atoms with Crippen molar-refractivity contribution < 1.29 is 32.1 Å². The molecule has 5 rings (SSSR count). The molecule has 1 N–H and O–H groups in total. The Morgan fingerprint density at radius 2 is 1.97 bits per heavy atom. The first-order valence-corrected chi connectivity index (χ1v) is 11.5. The first kappa shape index (κ1) is 23.3. The van der Waals surface area contributed by atoms with Gasteiger partial charge in [-0.15, -0.1) is 0 Å². The number of alkyl halides is 3. The van der Waals surface area contributed by atoms with Crippen LogP contribution in [-0.4, -0.2) is 63.3 Å². The first-order chi connectivity index (χ1) is 16.6. The molecule has 3 aliphatic rings. The maximum atomic E-state index is 13.3. The van der Waals surface area contributed by atoms with Crippen molar-refractivity contribution in [3.05, 3.63) is 35.2 Å². The summed E-state index contributed by atoms with van der Waals surface area (Å²) in [5.41, 5.74) is 1.37. The van der Waals surface area contributed by atoms with Gasteiger partial charge in [0.05, 0.1) is 12.0 Å².